The van der Waals surface area contributed by atoms with Crippen molar-refractivity contribution in [1.82, 2.24) is 9.88 Å². The SMILES string of the molecule is Cn1cccc1C(=O)NC1(c2ccccc2)CCC1. The van der Waals surface area contributed by atoms with Crippen molar-refractivity contribution in [1.29, 1.82) is 0 Å². The Morgan fingerprint density at radius 3 is 2.42 bits per heavy atom. The van der Waals surface area contributed by atoms with Gasteiger partial charge in [0, 0.05) is 13.2 Å². The lowest BCUT2D eigenvalue weighted by atomic mass is 9.71. The molecule has 0 atom stereocenters. The summed E-state index contributed by atoms with van der Waals surface area (Å²) in [6.45, 7) is 0. The Labute approximate surface area is 113 Å². The zero-order valence-corrected chi connectivity index (χ0v) is 11.1. The number of nitrogens with one attached hydrogen (secondary N) is 1. The van der Waals surface area contributed by atoms with Crippen LogP contribution >= 0.6 is 0 Å². The lowest BCUT2D eigenvalue weighted by molar-refractivity contribution is 0.0815. The molecule has 2 aromatic rings. The molecule has 1 saturated carbocycles. The standard InChI is InChI=1S/C16H18N2O/c1-18-12-5-9-14(18)15(19)17-16(10-6-11-16)13-7-3-2-4-8-13/h2-5,7-9,12H,6,10-11H2,1H3,(H,17,19). The van der Waals surface area contributed by atoms with Crippen LogP contribution in [0.15, 0.2) is 48.7 Å². The molecule has 3 heteroatoms. The summed E-state index contributed by atoms with van der Waals surface area (Å²) in [5.74, 6) is 0.0102. The minimum atomic E-state index is -0.164. The van der Waals surface area contributed by atoms with Gasteiger partial charge in [-0.2, -0.15) is 0 Å². The molecule has 1 fully saturated rings. The fraction of sp³-hybridized carbons (Fsp3) is 0.312. The maximum atomic E-state index is 12.4. The van der Waals surface area contributed by atoms with Crippen molar-refractivity contribution >= 4 is 5.91 Å². The third-order valence-electron chi connectivity index (χ3n) is 4.06. The van der Waals surface area contributed by atoms with Gasteiger partial charge < -0.3 is 9.88 Å². The van der Waals surface area contributed by atoms with Gasteiger partial charge in [0.2, 0.25) is 0 Å². The minimum absolute atomic E-state index is 0.0102. The van der Waals surface area contributed by atoms with E-state index in [1.54, 1.807) is 0 Å². The molecule has 3 nitrogen and oxygen atoms in total. The Balaban J connectivity index is 1.85. The first-order chi connectivity index (χ1) is 9.21. The topological polar surface area (TPSA) is 34.0 Å². The van der Waals surface area contributed by atoms with Crippen molar-refractivity contribution in [3.8, 4) is 0 Å². The predicted molar refractivity (Wildman–Crippen MR) is 74.9 cm³/mol. The predicted octanol–water partition coefficient (Wildman–Crippen LogP) is 2.83. The van der Waals surface area contributed by atoms with Crippen molar-refractivity contribution in [3.05, 3.63) is 59.9 Å². The smallest absolute Gasteiger partial charge is 0.268 e. The Morgan fingerprint density at radius 2 is 1.89 bits per heavy atom. The number of rotatable bonds is 3. The van der Waals surface area contributed by atoms with Crippen molar-refractivity contribution < 1.29 is 4.79 Å². The van der Waals surface area contributed by atoms with Gasteiger partial charge in [-0.1, -0.05) is 30.3 Å². The highest BCUT2D eigenvalue weighted by Gasteiger charge is 2.40. The lowest BCUT2D eigenvalue weighted by Gasteiger charge is -2.43. The lowest BCUT2D eigenvalue weighted by Crippen LogP contribution is -2.51. The Kier molecular flexibility index (Phi) is 2.90. The maximum Gasteiger partial charge on any atom is 0.268 e. The number of hydrogen-bond acceptors (Lipinski definition) is 1. The third kappa shape index (κ3) is 2.05. The quantitative estimate of drug-likeness (QED) is 0.898. The first-order valence-electron chi connectivity index (χ1n) is 6.71. The number of amides is 1. The van der Waals surface area contributed by atoms with Crippen LogP contribution in [0, 0.1) is 0 Å². The number of hydrogen-bond donors (Lipinski definition) is 1. The van der Waals surface area contributed by atoms with E-state index in [0.717, 1.165) is 12.8 Å². The van der Waals surface area contributed by atoms with E-state index in [0.29, 0.717) is 5.69 Å². The summed E-state index contributed by atoms with van der Waals surface area (Å²) in [4.78, 5) is 12.4. The molecule has 1 amide bonds. The van der Waals surface area contributed by atoms with E-state index < -0.39 is 0 Å². The van der Waals surface area contributed by atoms with E-state index in [1.807, 2.05) is 48.1 Å². The summed E-state index contributed by atoms with van der Waals surface area (Å²) in [6.07, 6.45) is 5.10. The zero-order chi connectivity index (χ0) is 13.3. The molecule has 1 N–H and O–H groups in total. The molecule has 0 unspecified atom stereocenters. The molecule has 0 saturated heterocycles. The summed E-state index contributed by atoms with van der Waals surface area (Å²) in [7, 11) is 1.89. The number of carbonyl (C=O) groups is 1. The molecule has 19 heavy (non-hydrogen) atoms. The summed E-state index contributed by atoms with van der Waals surface area (Å²) in [5, 5.41) is 3.23. The molecule has 0 aliphatic heterocycles. The van der Waals surface area contributed by atoms with Gasteiger partial charge in [-0.15, -0.1) is 0 Å². The summed E-state index contributed by atoms with van der Waals surface area (Å²) in [6, 6.07) is 14.0. The fourth-order valence-electron chi connectivity index (χ4n) is 2.75. The van der Waals surface area contributed by atoms with E-state index in [4.69, 9.17) is 0 Å². The molecule has 0 bridgehead atoms. The van der Waals surface area contributed by atoms with E-state index in [9.17, 15) is 4.79 Å². The average Bonchev–Trinajstić information content (AvgIpc) is 2.81. The Morgan fingerprint density at radius 1 is 1.16 bits per heavy atom. The molecule has 0 spiro atoms. The first-order valence-corrected chi connectivity index (χ1v) is 6.71. The van der Waals surface area contributed by atoms with Crippen LogP contribution in [0.25, 0.3) is 0 Å². The second kappa shape index (κ2) is 4.57. The highest BCUT2D eigenvalue weighted by atomic mass is 16.2. The highest BCUT2D eigenvalue weighted by molar-refractivity contribution is 5.93. The molecule has 3 rings (SSSR count). The van der Waals surface area contributed by atoms with Crippen molar-refractivity contribution in [2.45, 2.75) is 24.8 Å². The van der Waals surface area contributed by atoms with Crippen LogP contribution in [0.3, 0.4) is 0 Å². The van der Waals surface area contributed by atoms with Crippen molar-refractivity contribution in [3.63, 3.8) is 0 Å². The molecule has 1 aromatic heterocycles. The molecule has 1 aliphatic rings. The minimum Gasteiger partial charge on any atom is -0.347 e. The normalized spacial score (nSPS) is 16.7. The van der Waals surface area contributed by atoms with Gasteiger partial charge in [0.25, 0.3) is 5.91 Å². The Hall–Kier alpha value is -2.03. The largest absolute Gasteiger partial charge is 0.347 e. The second-order valence-electron chi connectivity index (χ2n) is 5.26. The average molecular weight is 254 g/mol. The van der Waals surface area contributed by atoms with E-state index in [1.165, 1.54) is 12.0 Å². The van der Waals surface area contributed by atoms with Crippen LogP contribution in [-0.4, -0.2) is 10.5 Å². The van der Waals surface area contributed by atoms with E-state index in [-0.39, 0.29) is 11.4 Å². The third-order valence-corrected chi connectivity index (χ3v) is 4.06. The van der Waals surface area contributed by atoms with E-state index >= 15 is 0 Å². The van der Waals surface area contributed by atoms with Gasteiger partial charge in [0.15, 0.2) is 0 Å². The molecular formula is C16H18N2O. The van der Waals surface area contributed by atoms with Gasteiger partial charge in [0.05, 0.1) is 5.54 Å². The Bertz CT molecular complexity index is 582. The number of aryl methyl sites for hydroxylation is 1. The summed E-state index contributed by atoms with van der Waals surface area (Å²) >= 11 is 0. The molecule has 1 aliphatic carbocycles. The molecule has 0 radical (unpaired) electrons. The number of carbonyl (C=O) groups excluding carboxylic acids is 1. The van der Waals surface area contributed by atoms with E-state index in [2.05, 4.69) is 17.4 Å². The van der Waals surface area contributed by atoms with Crippen LogP contribution in [0.1, 0.15) is 35.3 Å². The van der Waals surface area contributed by atoms with Crippen molar-refractivity contribution in [2.24, 2.45) is 7.05 Å². The number of nitrogens with zero attached hydrogens (tertiary/aromatic N) is 1. The van der Waals surface area contributed by atoms with Crippen LogP contribution in [0.5, 0.6) is 0 Å². The summed E-state index contributed by atoms with van der Waals surface area (Å²) < 4.78 is 1.85. The van der Waals surface area contributed by atoms with Crippen molar-refractivity contribution in [2.75, 3.05) is 0 Å². The first kappa shape index (κ1) is 12.0. The second-order valence-corrected chi connectivity index (χ2v) is 5.26. The number of aromatic nitrogens is 1. The van der Waals surface area contributed by atoms with Gasteiger partial charge in [0.1, 0.15) is 5.69 Å². The highest BCUT2D eigenvalue weighted by Crippen LogP contribution is 2.41. The molecule has 1 aromatic carbocycles. The molecular weight excluding hydrogens is 236 g/mol. The van der Waals surface area contributed by atoms with Crippen LogP contribution in [0.4, 0.5) is 0 Å². The van der Waals surface area contributed by atoms with Crippen LogP contribution in [-0.2, 0) is 12.6 Å². The van der Waals surface area contributed by atoms with Gasteiger partial charge >= 0.3 is 0 Å². The fourth-order valence-corrected chi connectivity index (χ4v) is 2.75. The number of benzene rings is 1. The molecule has 98 valence electrons. The monoisotopic (exact) mass is 254 g/mol. The zero-order valence-electron chi connectivity index (χ0n) is 11.1. The van der Waals surface area contributed by atoms with Crippen LogP contribution in [0.2, 0.25) is 0 Å². The summed E-state index contributed by atoms with van der Waals surface area (Å²) in [5.41, 5.74) is 1.76. The van der Waals surface area contributed by atoms with Gasteiger partial charge in [-0.05, 0) is 37.0 Å². The van der Waals surface area contributed by atoms with Gasteiger partial charge in [-0.25, -0.2) is 0 Å². The van der Waals surface area contributed by atoms with Crippen LogP contribution < -0.4 is 5.32 Å². The van der Waals surface area contributed by atoms with Gasteiger partial charge in [-0.3, -0.25) is 4.79 Å². The maximum absolute atomic E-state index is 12.4. The molecule has 1 heterocycles.